The van der Waals surface area contributed by atoms with Crippen molar-refractivity contribution >= 4 is 32.8 Å². The minimum Gasteiger partial charge on any atom is -0.289 e. The predicted octanol–water partition coefficient (Wildman–Crippen LogP) is 2.04. The van der Waals surface area contributed by atoms with Crippen molar-refractivity contribution in [1.29, 1.82) is 0 Å². The number of hydrogen-bond donors (Lipinski definition) is 2. The Labute approximate surface area is 164 Å². The quantitative estimate of drug-likeness (QED) is 0.543. The Kier molecular flexibility index (Phi) is 4.99. The predicted molar refractivity (Wildman–Crippen MR) is 112 cm³/mol. The van der Waals surface area contributed by atoms with Crippen molar-refractivity contribution in [3.8, 4) is 11.1 Å². The van der Waals surface area contributed by atoms with E-state index < -0.39 is 11.2 Å². The molecule has 0 bridgehead atoms. The van der Waals surface area contributed by atoms with Crippen LogP contribution >= 0.6 is 0 Å². The molecule has 2 N–H and O–H groups in total. The normalized spacial score (nSPS) is 12.5. The molecule has 2 aromatic heterocycles. The van der Waals surface area contributed by atoms with E-state index in [9.17, 15) is 9.00 Å². The second kappa shape index (κ2) is 7.59. The van der Waals surface area contributed by atoms with E-state index in [1.807, 2.05) is 49.6 Å². The van der Waals surface area contributed by atoms with Crippen LogP contribution in [0.25, 0.3) is 32.8 Å². The van der Waals surface area contributed by atoms with Gasteiger partial charge in [0, 0.05) is 47.9 Å². The van der Waals surface area contributed by atoms with Gasteiger partial charge in [0.05, 0.1) is 11.7 Å². The van der Waals surface area contributed by atoms with Gasteiger partial charge in [0.25, 0.3) is 0 Å². The van der Waals surface area contributed by atoms with E-state index in [4.69, 9.17) is 0 Å². The maximum absolute atomic E-state index is 13.3. The zero-order valence-corrected chi connectivity index (χ0v) is 16.3. The van der Waals surface area contributed by atoms with Crippen LogP contribution < -0.4 is 14.9 Å². The van der Waals surface area contributed by atoms with E-state index in [1.54, 1.807) is 24.1 Å². The molecule has 0 aliphatic carbocycles. The highest BCUT2D eigenvalue weighted by molar-refractivity contribution is 7.80. The number of benzene rings is 1. The van der Waals surface area contributed by atoms with Gasteiger partial charge in [-0.05, 0) is 36.2 Å². The van der Waals surface area contributed by atoms with Crippen molar-refractivity contribution in [3.63, 3.8) is 0 Å². The van der Waals surface area contributed by atoms with Gasteiger partial charge in [-0.2, -0.15) is 5.10 Å². The minimum atomic E-state index is -1.32. The SMILES string of the molecule is CNS(=O)NCc1ccc2ccc3ncc(-c4cnn(C)c4)cc3c(=O)c2c1. The van der Waals surface area contributed by atoms with Gasteiger partial charge in [0.1, 0.15) is 0 Å². The van der Waals surface area contributed by atoms with Crippen molar-refractivity contribution in [2.24, 2.45) is 7.05 Å². The van der Waals surface area contributed by atoms with E-state index >= 15 is 0 Å². The molecule has 7 nitrogen and oxygen atoms in total. The van der Waals surface area contributed by atoms with Crippen LogP contribution in [-0.4, -0.2) is 26.0 Å². The molecule has 0 aliphatic heterocycles. The summed E-state index contributed by atoms with van der Waals surface area (Å²) < 4.78 is 18.7. The van der Waals surface area contributed by atoms with Crippen molar-refractivity contribution in [2.45, 2.75) is 6.54 Å². The van der Waals surface area contributed by atoms with E-state index in [0.29, 0.717) is 22.8 Å². The van der Waals surface area contributed by atoms with Gasteiger partial charge in [-0.15, -0.1) is 0 Å². The zero-order chi connectivity index (χ0) is 19.7. The molecule has 0 aliphatic rings. The molecule has 8 heteroatoms. The molecule has 28 heavy (non-hydrogen) atoms. The van der Waals surface area contributed by atoms with Crippen molar-refractivity contribution < 1.29 is 4.21 Å². The molecular weight excluding hydrogens is 374 g/mol. The summed E-state index contributed by atoms with van der Waals surface area (Å²) in [7, 11) is 3.46. The lowest BCUT2D eigenvalue weighted by molar-refractivity contribution is 0.666. The fraction of sp³-hybridized carbons (Fsp3) is 0.150. The highest BCUT2D eigenvalue weighted by Gasteiger charge is 2.08. The van der Waals surface area contributed by atoms with Crippen LogP contribution in [0, 0.1) is 0 Å². The van der Waals surface area contributed by atoms with Gasteiger partial charge >= 0.3 is 0 Å². The highest BCUT2D eigenvalue weighted by atomic mass is 32.2. The van der Waals surface area contributed by atoms with E-state index in [0.717, 1.165) is 22.1 Å². The summed E-state index contributed by atoms with van der Waals surface area (Å²) >= 11 is -1.32. The molecular formula is C20H19N5O2S. The molecule has 0 fully saturated rings. The summed E-state index contributed by atoms with van der Waals surface area (Å²) in [5.41, 5.74) is 3.20. The topological polar surface area (TPSA) is 88.9 Å². The Morgan fingerprint density at radius 2 is 1.89 bits per heavy atom. The summed E-state index contributed by atoms with van der Waals surface area (Å²) in [6.45, 7) is 0.387. The Morgan fingerprint density at radius 3 is 2.64 bits per heavy atom. The van der Waals surface area contributed by atoms with Crippen LogP contribution in [0.15, 0.2) is 59.8 Å². The Morgan fingerprint density at radius 1 is 1.07 bits per heavy atom. The smallest absolute Gasteiger partial charge is 0.195 e. The maximum Gasteiger partial charge on any atom is 0.195 e. The number of fused-ring (bicyclic) bond motifs is 2. The third-order valence-electron chi connectivity index (χ3n) is 4.58. The van der Waals surface area contributed by atoms with Gasteiger partial charge in [0.15, 0.2) is 16.6 Å². The second-order valence-electron chi connectivity index (χ2n) is 6.44. The third-order valence-corrected chi connectivity index (χ3v) is 5.35. The Balaban J connectivity index is 1.86. The number of pyridine rings is 1. The zero-order valence-electron chi connectivity index (χ0n) is 15.5. The van der Waals surface area contributed by atoms with Gasteiger partial charge in [0.2, 0.25) is 0 Å². The number of nitrogens with one attached hydrogen (secondary N) is 2. The highest BCUT2D eigenvalue weighted by Crippen LogP contribution is 2.22. The average Bonchev–Trinajstić information content (AvgIpc) is 3.10. The first kappa shape index (κ1) is 18.4. The first-order valence-electron chi connectivity index (χ1n) is 8.72. The number of hydrogen-bond acceptors (Lipinski definition) is 4. The summed E-state index contributed by atoms with van der Waals surface area (Å²) in [5, 5.41) is 6.18. The monoisotopic (exact) mass is 393 g/mol. The molecule has 2 aromatic carbocycles. The lowest BCUT2D eigenvalue weighted by Gasteiger charge is -2.04. The lowest BCUT2D eigenvalue weighted by atomic mass is 10.1. The van der Waals surface area contributed by atoms with Crippen molar-refractivity contribution in [1.82, 2.24) is 24.2 Å². The van der Waals surface area contributed by atoms with Crippen LogP contribution in [0.3, 0.4) is 0 Å². The van der Waals surface area contributed by atoms with Crippen molar-refractivity contribution in [2.75, 3.05) is 7.05 Å². The molecule has 2 heterocycles. The molecule has 1 unspecified atom stereocenters. The fourth-order valence-electron chi connectivity index (χ4n) is 3.11. The van der Waals surface area contributed by atoms with Crippen LogP contribution in [-0.2, 0) is 24.8 Å². The second-order valence-corrected chi connectivity index (χ2v) is 7.67. The van der Waals surface area contributed by atoms with Gasteiger partial charge in [-0.25, -0.2) is 13.7 Å². The van der Waals surface area contributed by atoms with E-state index in [-0.39, 0.29) is 5.43 Å². The molecule has 4 aromatic rings. The van der Waals surface area contributed by atoms with Gasteiger partial charge in [-0.3, -0.25) is 14.5 Å². The third kappa shape index (κ3) is 3.57. The van der Waals surface area contributed by atoms with Crippen molar-refractivity contribution in [3.05, 3.63) is 70.8 Å². The summed E-state index contributed by atoms with van der Waals surface area (Å²) in [6.07, 6.45) is 5.39. The number of nitrogens with zero attached hydrogens (tertiary/aromatic N) is 3. The summed E-state index contributed by atoms with van der Waals surface area (Å²) in [4.78, 5) is 17.8. The number of aryl methyl sites for hydroxylation is 1. The first-order chi connectivity index (χ1) is 13.5. The summed E-state index contributed by atoms with van der Waals surface area (Å²) in [5.74, 6) is 0. The van der Waals surface area contributed by atoms with E-state index in [2.05, 4.69) is 19.5 Å². The number of aromatic nitrogens is 3. The molecule has 0 spiro atoms. The minimum absolute atomic E-state index is 0.0789. The maximum atomic E-state index is 13.3. The molecule has 0 amide bonds. The molecule has 142 valence electrons. The van der Waals surface area contributed by atoms with E-state index in [1.165, 1.54) is 0 Å². The molecule has 0 radical (unpaired) electrons. The fourth-order valence-corrected chi connectivity index (χ4v) is 3.55. The molecule has 0 saturated heterocycles. The van der Waals surface area contributed by atoms with Crippen LogP contribution in [0.1, 0.15) is 5.56 Å². The lowest BCUT2D eigenvalue weighted by Crippen LogP contribution is -2.26. The first-order valence-corrected chi connectivity index (χ1v) is 9.87. The standard InChI is InChI=1S/C20H19N5O2S/c1-21-28(27)24-9-13-3-4-14-5-6-19-18(20(26)17(14)7-13)8-15(10-22-19)16-11-23-25(2)12-16/h3-8,10-12,21,24H,9H2,1-2H3. The largest absolute Gasteiger partial charge is 0.289 e. The van der Waals surface area contributed by atoms with Crippen LogP contribution in [0.2, 0.25) is 0 Å². The Hall–Kier alpha value is -2.94. The van der Waals surface area contributed by atoms with Crippen LogP contribution in [0.4, 0.5) is 0 Å². The number of rotatable bonds is 5. The Bertz CT molecular complexity index is 1270. The van der Waals surface area contributed by atoms with Crippen LogP contribution in [0.5, 0.6) is 0 Å². The summed E-state index contributed by atoms with van der Waals surface area (Å²) in [6, 6.07) is 11.3. The van der Waals surface area contributed by atoms with Gasteiger partial charge in [-0.1, -0.05) is 18.2 Å². The van der Waals surface area contributed by atoms with Gasteiger partial charge < -0.3 is 0 Å². The molecule has 4 rings (SSSR count). The average molecular weight is 393 g/mol. The molecule has 0 saturated carbocycles. The molecule has 1 atom stereocenters.